The number of hydrogen-bond acceptors (Lipinski definition) is 4. The predicted molar refractivity (Wildman–Crippen MR) is 116 cm³/mol. The largest absolute Gasteiger partial charge is 0.374 e. The van der Waals surface area contributed by atoms with E-state index in [1.165, 1.54) is 12.6 Å². The summed E-state index contributed by atoms with van der Waals surface area (Å²) in [4.78, 5) is 4.45. The summed E-state index contributed by atoms with van der Waals surface area (Å²) < 4.78 is 31.7. The van der Waals surface area contributed by atoms with Crippen LogP contribution in [0.1, 0.15) is 30.6 Å². The molecular formula is C21H30N4O3S. The van der Waals surface area contributed by atoms with Crippen molar-refractivity contribution in [2.75, 3.05) is 27.2 Å². The Morgan fingerprint density at radius 2 is 1.76 bits per heavy atom. The van der Waals surface area contributed by atoms with E-state index in [0.717, 1.165) is 18.5 Å². The standard InChI is InChI=1S/C21H30N4O3S/c1-17(19-8-5-4-6-9-19)28-15-7-14-24-21(22-2)25-16-18-10-12-20(13-11-18)29(26,27)23-3/h4-6,8-13,17,23H,7,14-16H2,1-3H3,(H2,22,24,25). The highest BCUT2D eigenvalue weighted by Crippen LogP contribution is 2.15. The molecule has 8 heteroatoms. The van der Waals surface area contributed by atoms with Gasteiger partial charge in [-0.15, -0.1) is 0 Å². The summed E-state index contributed by atoms with van der Waals surface area (Å²) >= 11 is 0. The fourth-order valence-corrected chi connectivity index (χ4v) is 3.40. The monoisotopic (exact) mass is 418 g/mol. The van der Waals surface area contributed by atoms with Gasteiger partial charge in [0.15, 0.2) is 5.96 Å². The topological polar surface area (TPSA) is 91.8 Å². The van der Waals surface area contributed by atoms with Crippen LogP contribution in [0.5, 0.6) is 0 Å². The number of guanidine groups is 1. The number of ether oxygens (including phenoxy) is 1. The Labute approximate surface area is 173 Å². The Morgan fingerprint density at radius 3 is 2.38 bits per heavy atom. The molecule has 2 rings (SSSR count). The first-order valence-electron chi connectivity index (χ1n) is 9.60. The number of nitrogens with one attached hydrogen (secondary N) is 3. The second kappa shape index (κ2) is 11.5. The molecule has 7 nitrogen and oxygen atoms in total. The van der Waals surface area contributed by atoms with Gasteiger partial charge in [0.1, 0.15) is 0 Å². The van der Waals surface area contributed by atoms with E-state index in [-0.39, 0.29) is 11.0 Å². The third kappa shape index (κ3) is 7.49. The molecule has 0 aromatic heterocycles. The molecule has 2 aromatic carbocycles. The second-order valence-electron chi connectivity index (χ2n) is 6.48. The van der Waals surface area contributed by atoms with Gasteiger partial charge in [-0.3, -0.25) is 4.99 Å². The van der Waals surface area contributed by atoms with Crippen LogP contribution < -0.4 is 15.4 Å². The molecule has 3 N–H and O–H groups in total. The highest BCUT2D eigenvalue weighted by molar-refractivity contribution is 7.89. The van der Waals surface area contributed by atoms with Crippen molar-refractivity contribution in [3.63, 3.8) is 0 Å². The zero-order valence-corrected chi connectivity index (χ0v) is 18.0. The Morgan fingerprint density at radius 1 is 1.07 bits per heavy atom. The zero-order valence-electron chi connectivity index (χ0n) is 17.2. The van der Waals surface area contributed by atoms with Crippen LogP contribution in [0.3, 0.4) is 0 Å². The fourth-order valence-electron chi connectivity index (χ4n) is 2.67. The van der Waals surface area contributed by atoms with Crippen molar-refractivity contribution in [1.29, 1.82) is 0 Å². The van der Waals surface area contributed by atoms with E-state index in [2.05, 4.69) is 39.4 Å². The third-order valence-corrected chi connectivity index (χ3v) is 5.87. The van der Waals surface area contributed by atoms with E-state index in [4.69, 9.17) is 4.74 Å². The molecule has 0 bridgehead atoms. The van der Waals surface area contributed by atoms with Gasteiger partial charge in [0.2, 0.25) is 10.0 Å². The van der Waals surface area contributed by atoms with Gasteiger partial charge in [-0.25, -0.2) is 13.1 Å². The highest BCUT2D eigenvalue weighted by atomic mass is 32.2. The van der Waals surface area contributed by atoms with E-state index >= 15 is 0 Å². The lowest BCUT2D eigenvalue weighted by Gasteiger charge is -2.15. The number of sulfonamides is 1. The minimum Gasteiger partial charge on any atom is -0.374 e. The van der Waals surface area contributed by atoms with Crippen molar-refractivity contribution in [2.45, 2.75) is 30.9 Å². The molecule has 0 aliphatic rings. The smallest absolute Gasteiger partial charge is 0.240 e. The molecule has 0 saturated heterocycles. The first kappa shape index (κ1) is 22.9. The van der Waals surface area contributed by atoms with Gasteiger partial charge in [-0.05, 0) is 43.7 Å². The van der Waals surface area contributed by atoms with Crippen molar-refractivity contribution in [3.8, 4) is 0 Å². The van der Waals surface area contributed by atoms with Crippen LogP contribution in [0.2, 0.25) is 0 Å². The summed E-state index contributed by atoms with van der Waals surface area (Å²) in [6.07, 6.45) is 0.928. The average molecular weight is 419 g/mol. The van der Waals surface area contributed by atoms with E-state index in [0.29, 0.717) is 19.1 Å². The predicted octanol–water partition coefficient (Wildman–Crippen LogP) is 2.43. The normalized spacial score (nSPS) is 13.1. The number of benzene rings is 2. The molecule has 0 amide bonds. The molecule has 158 valence electrons. The van der Waals surface area contributed by atoms with Crippen LogP contribution in [0.25, 0.3) is 0 Å². The molecular weight excluding hydrogens is 388 g/mol. The lowest BCUT2D eigenvalue weighted by molar-refractivity contribution is 0.0646. The Hall–Kier alpha value is -2.42. The van der Waals surface area contributed by atoms with E-state index < -0.39 is 10.0 Å². The van der Waals surface area contributed by atoms with E-state index in [9.17, 15) is 8.42 Å². The molecule has 0 radical (unpaired) electrons. The van der Waals surface area contributed by atoms with Gasteiger partial charge in [-0.2, -0.15) is 0 Å². The van der Waals surface area contributed by atoms with E-state index in [1.54, 1.807) is 31.3 Å². The number of aliphatic imine (C=N–C) groups is 1. The van der Waals surface area contributed by atoms with Gasteiger partial charge >= 0.3 is 0 Å². The van der Waals surface area contributed by atoms with Gasteiger partial charge in [0.25, 0.3) is 0 Å². The van der Waals surface area contributed by atoms with Crippen LogP contribution in [-0.2, 0) is 21.3 Å². The molecule has 0 saturated carbocycles. The van der Waals surface area contributed by atoms with Gasteiger partial charge in [0, 0.05) is 26.7 Å². The number of rotatable bonds is 10. The first-order valence-corrected chi connectivity index (χ1v) is 11.1. The van der Waals surface area contributed by atoms with Crippen LogP contribution in [0.15, 0.2) is 64.5 Å². The van der Waals surface area contributed by atoms with Crippen molar-refractivity contribution < 1.29 is 13.2 Å². The van der Waals surface area contributed by atoms with Crippen LogP contribution >= 0.6 is 0 Å². The molecule has 0 spiro atoms. The van der Waals surface area contributed by atoms with Crippen LogP contribution in [-0.4, -0.2) is 41.6 Å². The lowest BCUT2D eigenvalue weighted by atomic mass is 10.1. The minimum absolute atomic E-state index is 0.0725. The van der Waals surface area contributed by atoms with Gasteiger partial charge in [0.05, 0.1) is 11.0 Å². The third-order valence-electron chi connectivity index (χ3n) is 4.44. The Balaban J connectivity index is 1.69. The SMILES string of the molecule is CN=C(NCCCOC(C)c1ccccc1)NCc1ccc(S(=O)(=O)NC)cc1. The summed E-state index contributed by atoms with van der Waals surface area (Å²) in [5.41, 5.74) is 2.13. The Bertz CT molecular complexity index is 869. The van der Waals surface area contributed by atoms with Crippen molar-refractivity contribution in [3.05, 3.63) is 65.7 Å². The van der Waals surface area contributed by atoms with Crippen molar-refractivity contribution in [1.82, 2.24) is 15.4 Å². The molecule has 0 fully saturated rings. The summed E-state index contributed by atoms with van der Waals surface area (Å²) in [6.45, 7) is 3.99. The summed E-state index contributed by atoms with van der Waals surface area (Å²) in [7, 11) is -0.300. The van der Waals surface area contributed by atoms with Crippen LogP contribution in [0.4, 0.5) is 0 Å². The van der Waals surface area contributed by atoms with Crippen molar-refractivity contribution in [2.24, 2.45) is 4.99 Å². The molecule has 2 aromatic rings. The summed E-state index contributed by atoms with van der Waals surface area (Å²) in [5, 5.41) is 6.47. The quantitative estimate of drug-likeness (QED) is 0.313. The van der Waals surface area contributed by atoms with Crippen LogP contribution in [0, 0.1) is 0 Å². The molecule has 0 aliphatic carbocycles. The van der Waals surface area contributed by atoms with Gasteiger partial charge < -0.3 is 15.4 Å². The number of hydrogen-bond donors (Lipinski definition) is 3. The van der Waals surface area contributed by atoms with Crippen molar-refractivity contribution >= 4 is 16.0 Å². The number of nitrogens with zero attached hydrogens (tertiary/aromatic N) is 1. The minimum atomic E-state index is -3.41. The lowest BCUT2D eigenvalue weighted by Crippen LogP contribution is -2.37. The molecule has 0 aliphatic heterocycles. The maximum atomic E-state index is 11.8. The average Bonchev–Trinajstić information content (AvgIpc) is 2.76. The van der Waals surface area contributed by atoms with Gasteiger partial charge in [-0.1, -0.05) is 42.5 Å². The zero-order chi connectivity index (χ0) is 21.1. The first-order chi connectivity index (χ1) is 14.0. The molecule has 0 heterocycles. The second-order valence-corrected chi connectivity index (χ2v) is 8.37. The Kier molecular flexibility index (Phi) is 9.11. The molecule has 1 atom stereocenters. The summed E-state index contributed by atoms with van der Waals surface area (Å²) in [5.74, 6) is 0.688. The summed E-state index contributed by atoms with van der Waals surface area (Å²) in [6, 6.07) is 16.9. The maximum absolute atomic E-state index is 11.8. The highest BCUT2D eigenvalue weighted by Gasteiger charge is 2.10. The fraction of sp³-hybridized carbons (Fsp3) is 0.381. The molecule has 1 unspecified atom stereocenters. The van der Waals surface area contributed by atoms with E-state index in [1.807, 2.05) is 18.2 Å². The maximum Gasteiger partial charge on any atom is 0.240 e. The molecule has 29 heavy (non-hydrogen) atoms.